The van der Waals surface area contributed by atoms with Gasteiger partial charge in [0, 0.05) is 30.8 Å². The van der Waals surface area contributed by atoms with Gasteiger partial charge in [0.05, 0.1) is 31.0 Å². The van der Waals surface area contributed by atoms with Crippen molar-refractivity contribution in [1.82, 2.24) is 14.0 Å². The number of halogens is 1. The van der Waals surface area contributed by atoms with Gasteiger partial charge in [-0.15, -0.1) is 0 Å². The summed E-state index contributed by atoms with van der Waals surface area (Å²) in [4.78, 5) is 45.9. The van der Waals surface area contributed by atoms with Gasteiger partial charge in [-0.05, 0) is 39.0 Å². The van der Waals surface area contributed by atoms with Gasteiger partial charge in [0.25, 0.3) is 5.56 Å². The van der Waals surface area contributed by atoms with Gasteiger partial charge in [-0.25, -0.2) is 9.18 Å². The predicted octanol–water partition coefficient (Wildman–Crippen LogP) is 2.08. The lowest BCUT2D eigenvalue weighted by atomic mass is 10.0. The van der Waals surface area contributed by atoms with Gasteiger partial charge in [-0.2, -0.15) is 0 Å². The summed E-state index contributed by atoms with van der Waals surface area (Å²) >= 11 is 0. The highest BCUT2D eigenvalue weighted by molar-refractivity contribution is 5.97. The molecule has 0 spiro atoms. The number of hydrogen-bond donors (Lipinski definition) is 1. The van der Waals surface area contributed by atoms with Gasteiger partial charge >= 0.3 is 5.69 Å². The van der Waals surface area contributed by atoms with Crippen LogP contribution in [0, 0.1) is 11.7 Å². The maximum absolute atomic E-state index is 13.9. The second-order valence-electron chi connectivity index (χ2n) is 9.44. The number of carbonyl (C=O) groups excluding carboxylic acids is 1. The maximum Gasteiger partial charge on any atom is 0.331 e. The van der Waals surface area contributed by atoms with Crippen molar-refractivity contribution in [2.75, 3.05) is 20.2 Å². The molecule has 1 aliphatic rings. The summed E-state index contributed by atoms with van der Waals surface area (Å²) in [6.45, 7) is 8.88. The zero-order chi connectivity index (χ0) is 26.7. The van der Waals surface area contributed by atoms with E-state index in [1.165, 1.54) is 30.0 Å². The minimum Gasteiger partial charge on any atom is -0.496 e. The van der Waals surface area contributed by atoms with Crippen LogP contribution in [0.1, 0.15) is 57.9 Å². The van der Waals surface area contributed by atoms with E-state index in [-0.39, 0.29) is 60.2 Å². The fraction of sp³-hybridized carbons (Fsp3) is 0.520. The highest BCUT2D eigenvalue weighted by Crippen LogP contribution is 2.27. The number of oxime groups is 1. The van der Waals surface area contributed by atoms with Crippen molar-refractivity contribution in [2.45, 2.75) is 59.4 Å². The quantitative estimate of drug-likeness (QED) is 0.413. The minimum atomic E-state index is -1.31. The van der Waals surface area contributed by atoms with E-state index in [9.17, 15) is 23.9 Å². The molecule has 2 heterocycles. The molecule has 3 rings (SSSR count). The molecule has 11 heteroatoms. The standard InChI is InChI=1S/C25H33FN4O6/c1-14(2)23(32)28-10-18(11-28)30-24(33)20(16(5)27-36-15(3)4)12-29(25(30)34)13-21(31)19-9-17(26)7-8-22(19)35-6/h7-9,12,14-15,18,21,31H,10-11,13H2,1-6H3/b27-16+. The Bertz CT molecular complexity index is 1260. The molecular weight excluding hydrogens is 471 g/mol. The Morgan fingerprint density at radius 2 is 1.89 bits per heavy atom. The van der Waals surface area contributed by atoms with Crippen LogP contribution in [-0.4, -0.2) is 57.1 Å². The van der Waals surface area contributed by atoms with E-state index in [1.54, 1.807) is 39.5 Å². The number of aliphatic hydroxyl groups is 1. The molecule has 0 aliphatic carbocycles. The van der Waals surface area contributed by atoms with E-state index in [1.807, 2.05) is 0 Å². The minimum absolute atomic E-state index is 0.0625. The molecule has 0 radical (unpaired) electrons. The summed E-state index contributed by atoms with van der Waals surface area (Å²) in [6.07, 6.45) is -0.219. The first-order valence-electron chi connectivity index (χ1n) is 11.8. The SMILES string of the molecule is COc1ccc(F)cc1C(O)Cn1cc(/C(C)=N/OC(C)C)c(=O)n(C2CN(C(=O)C(C)C)C2)c1=O. The monoisotopic (exact) mass is 504 g/mol. The van der Waals surface area contributed by atoms with Crippen molar-refractivity contribution in [3.05, 3.63) is 62.2 Å². The van der Waals surface area contributed by atoms with Gasteiger partial charge < -0.3 is 19.6 Å². The summed E-state index contributed by atoms with van der Waals surface area (Å²) in [5.41, 5.74) is -0.693. The molecule has 1 aliphatic heterocycles. The van der Waals surface area contributed by atoms with Crippen LogP contribution in [0.5, 0.6) is 5.75 Å². The third kappa shape index (κ3) is 5.67. The topological polar surface area (TPSA) is 115 Å². The number of rotatable bonds is 9. The van der Waals surface area contributed by atoms with Crippen molar-refractivity contribution in [3.8, 4) is 5.75 Å². The Morgan fingerprint density at radius 3 is 2.47 bits per heavy atom. The van der Waals surface area contributed by atoms with Crippen LogP contribution < -0.4 is 16.0 Å². The van der Waals surface area contributed by atoms with Crippen LogP contribution in [0.2, 0.25) is 0 Å². The number of amides is 1. The molecule has 196 valence electrons. The Hall–Kier alpha value is -3.47. The molecular formula is C25H33FN4O6. The summed E-state index contributed by atoms with van der Waals surface area (Å²) < 4.78 is 21.4. The van der Waals surface area contributed by atoms with Crippen LogP contribution in [0.4, 0.5) is 4.39 Å². The summed E-state index contributed by atoms with van der Waals surface area (Å²) in [7, 11) is 1.39. The lowest BCUT2D eigenvalue weighted by molar-refractivity contribution is -0.140. The molecule has 1 saturated heterocycles. The number of ether oxygens (including phenoxy) is 1. The molecule has 1 unspecified atom stereocenters. The van der Waals surface area contributed by atoms with Crippen LogP contribution in [0.15, 0.2) is 39.1 Å². The fourth-order valence-corrected chi connectivity index (χ4v) is 3.97. The van der Waals surface area contributed by atoms with E-state index in [4.69, 9.17) is 9.57 Å². The lowest BCUT2D eigenvalue weighted by Gasteiger charge is -2.40. The van der Waals surface area contributed by atoms with E-state index in [0.717, 1.165) is 10.6 Å². The Kier molecular flexibility index (Phi) is 8.34. The molecule has 36 heavy (non-hydrogen) atoms. The zero-order valence-corrected chi connectivity index (χ0v) is 21.4. The Balaban J connectivity index is 2.05. The van der Waals surface area contributed by atoms with Crippen molar-refractivity contribution in [2.24, 2.45) is 11.1 Å². The number of methoxy groups -OCH3 is 1. The molecule has 1 fully saturated rings. The second kappa shape index (κ2) is 11.1. The second-order valence-corrected chi connectivity index (χ2v) is 9.44. The molecule has 1 aromatic heterocycles. The first-order chi connectivity index (χ1) is 16.9. The zero-order valence-electron chi connectivity index (χ0n) is 21.4. The van der Waals surface area contributed by atoms with Crippen molar-refractivity contribution in [3.63, 3.8) is 0 Å². The van der Waals surface area contributed by atoms with E-state index in [2.05, 4.69) is 5.16 Å². The Labute approximate surface area is 208 Å². The Morgan fingerprint density at radius 1 is 1.22 bits per heavy atom. The van der Waals surface area contributed by atoms with E-state index in [0.29, 0.717) is 0 Å². The van der Waals surface area contributed by atoms with Crippen LogP contribution in [0.25, 0.3) is 0 Å². The number of benzene rings is 1. The largest absolute Gasteiger partial charge is 0.496 e. The van der Waals surface area contributed by atoms with Gasteiger partial charge in [0.1, 0.15) is 23.8 Å². The molecule has 2 aromatic rings. The molecule has 1 N–H and O–H groups in total. The predicted molar refractivity (Wildman–Crippen MR) is 132 cm³/mol. The molecule has 0 saturated carbocycles. The number of hydrogen-bond acceptors (Lipinski definition) is 7. The molecule has 1 amide bonds. The van der Waals surface area contributed by atoms with Gasteiger partial charge in [0.2, 0.25) is 5.91 Å². The number of aromatic nitrogens is 2. The molecule has 0 bridgehead atoms. The molecule has 10 nitrogen and oxygen atoms in total. The van der Waals surface area contributed by atoms with Gasteiger partial charge in [0.15, 0.2) is 0 Å². The van der Waals surface area contributed by atoms with Crippen LogP contribution >= 0.6 is 0 Å². The highest BCUT2D eigenvalue weighted by Gasteiger charge is 2.35. The summed E-state index contributed by atoms with van der Waals surface area (Å²) in [5, 5.41) is 14.9. The third-order valence-electron chi connectivity index (χ3n) is 5.93. The van der Waals surface area contributed by atoms with Crippen molar-refractivity contribution < 1.29 is 23.9 Å². The number of aliphatic hydroxyl groups excluding tert-OH is 1. The average Bonchev–Trinajstić information content (AvgIpc) is 2.79. The van der Waals surface area contributed by atoms with Crippen LogP contribution in [0.3, 0.4) is 0 Å². The van der Waals surface area contributed by atoms with Crippen molar-refractivity contribution >= 4 is 11.6 Å². The lowest BCUT2D eigenvalue weighted by Crippen LogP contribution is -2.58. The van der Waals surface area contributed by atoms with Crippen LogP contribution in [-0.2, 0) is 16.2 Å². The maximum atomic E-state index is 13.9. The normalized spacial score (nSPS) is 15.3. The van der Waals surface area contributed by atoms with Crippen molar-refractivity contribution in [1.29, 1.82) is 0 Å². The number of nitrogens with zero attached hydrogens (tertiary/aromatic N) is 4. The first-order valence-corrected chi connectivity index (χ1v) is 11.8. The smallest absolute Gasteiger partial charge is 0.331 e. The van der Waals surface area contributed by atoms with Gasteiger partial charge in [-0.1, -0.05) is 19.0 Å². The molecule has 1 aromatic carbocycles. The average molecular weight is 505 g/mol. The first kappa shape index (κ1) is 27.1. The number of likely N-dealkylation sites (tertiary alicyclic amines) is 1. The van der Waals surface area contributed by atoms with E-state index < -0.39 is 29.2 Å². The fourth-order valence-electron chi connectivity index (χ4n) is 3.97. The number of carbonyl (C=O) groups is 1. The van der Waals surface area contributed by atoms with E-state index >= 15 is 0 Å². The van der Waals surface area contributed by atoms with Gasteiger partial charge in [-0.3, -0.25) is 18.7 Å². The summed E-state index contributed by atoms with van der Waals surface area (Å²) in [5.74, 6) is -0.575. The highest BCUT2D eigenvalue weighted by atomic mass is 19.1. The third-order valence-corrected chi connectivity index (χ3v) is 5.93. The molecule has 1 atom stereocenters. The summed E-state index contributed by atoms with van der Waals surface area (Å²) in [6, 6.07) is 3.20.